The molecule has 0 aliphatic rings. The van der Waals surface area contributed by atoms with Crippen LogP contribution in [-0.4, -0.2) is 32.2 Å². The lowest BCUT2D eigenvalue weighted by Crippen LogP contribution is -1.97. The van der Waals surface area contributed by atoms with E-state index in [1.54, 1.807) is 36.4 Å². The Morgan fingerprint density at radius 1 is 0.957 bits per heavy atom. The van der Waals surface area contributed by atoms with E-state index >= 15 is 0 Å². The molecule has 120 valence electrons. The molecule has 0 amide bonds. The quantitative estimate of drug-likeness (QED) is 0.654. The summed E-state index contributed by atoms with van der Waals surface area (Å²) >= 11 is 0. The van der Waals surface area contributed by atoms with Crippen molar-refractivity contribution in [2.45, 2.75) is 0 Å². The first-order valence-corrected chi connectivity index (χ1v) is 6.90. The molecule has 1 N–H and O–H groups in total. The molecule has 0 saturated carbocycles. The zero-order chi connectivity index (χ0) is 16.8. The van der Waals surface area contributed by atoms with Crippen molar-refractivity contribution in [3.8, 4) is 23.0 Å². The minimum absolute atomic E-state index is 0.0187. The van der Waals surface area contributed by atoms with E-state index in [0.717, 1.165) is 0 Å². The minimum atomic E-state index is -0.197. The van der Waals surface area contributed by atoms with Crippen LogP contribution in [0, 0.1) is 0 Å². The van der Waals surface area contributed by atoms with Crippen LogP contribution in [0.4, 0.5) is 0 Å². The number of carbonyl (C=O) groups is 1. The lowest BCUT2D eigenvalue weighted by Gasteiger charge is -2.06. The van der Waals surface area contributed by atoms with E-state index in [0.29, 0.717) is 28.4 Å². The number of ether oxygens (including phenoxy) is 3. The Balaban J connectivity index is 2.22. The van der Waals surface area contributed by atoms with Crippen molar-refractivity contribution in [1.82, 2.24) is 0 Å². The molecule has 0 saturated heterocycles. The SMILES string of the molecule is COc1cc(OC)cc(C(=O)/C=C/c2ccc(OC)c(O)c2)c1. The van der Waals surface area contributed by atoms with Crippen LogP contribution in [0.15, 0.2) is 42.5 Å². The van der Waals surface area contributed by atoms with Crippen molar-refractivity contribution in [1.29, 1.82) is 0 Å². The van der Waals surface area contributed by atoms with Crippen molar-refractivity contribution in [2.75, 3.05) is 21.3 Å². The van der Waals surface area contributed by atoms with E-state index in [4.69, 9.17) is 14.2 Å². The fourth-order valence-electron chi connectivity index (χ4n) is 2.03. The molecule has 23 heavy (non-hydrogen) atoms. The molecular formula is C18H18O5. The van der Waals surface area contributed by atoms with Crippen molar-refractivity contribution >= 4 is 11.9 Å². The Labute approximate surface area is 134 Å². The first-order valence-electron chi connectivity index (χ1n) is 6.90. The first kappa shape index (κ1) is 16.4. The molecular weight excluding hydrogens is 296 g/mol. The van der Waals surface area contributed by atoms with Crippen LogP contribution in [0.3, 0.4) is 0 Å². The predicted octanol–water partition coefficient (Wildman–Crippen LogP) is 3.31. The zero-order valence-electron chi connectivity index (χ0n) is 13.2. The Kier molecular flexibility index (Phi) is 5.25. The van der Waals surface area contributed by atoms with Gasteiger partial charge in [-0.2, -0.15) is 0 Å². The van der Waals surface area contributed by atoms with Crippen LogP contribution in [0.1, 0.15) is 15.9 Å². The number of methoxy groups -OCH3 is 3. The van der Waals surface area contributed by atoms with E-state index in [1.807, 2.05) is 0 Å². The standard InChI is InChI=1S/C18H18O5/c1-21-14-9-13(10-15(11-14)22-2)16(19)6-4-12-5-7-18(23-3)17(20)8-12/h4-11,20H,1-3H3/b6-4+. The number of rotatable bonds is 6. The third-order valence-corrected chi connectivity index (χ3v) is 3.27. The summed E-state index contributed by atoms with van der Waals surface area (Å²) in [5.74, 6) is 1.29. The van der Waals surface area contributed by atoms with Crippen LogP contribution in [0.25, 0.3) is 6.08 Å². The summed E-state index contributed by atoms with van der Waals surface area (Å²) in [5.41, 5.74) is 1.14. The summed E-state index contributed by atoms with van der Waals surface area (Å²) in [6.07, 6.45) is 3.04. The highest BCUT2D eigenvalue weighted by Gasteiger charge is 2.07. The highest BCUT2D eigenvalue weighted by molar-refractivity contribution is 6.07. The molecule has 0 aliphatic carbocycles. The van der Waals surface area contributed by atoms with Crippen LogP contribution in [0.5, 0.6) is 23.0 Å². The molecule has 0 aromatic heterocycles. The normalized spacial score (nSPS) is 10.6. The Bertz CT molecular complexity index is 712. The molecule has 0 aliphatic heterocycles. The molecule has 0 heterocycles. The van der Waals surface area contributed by atoms with E-state index < -0.39 is 0 Å². The molecule has 2 aromatic carbocycles. The number of benzene rings is 2. The molecule has 0 unspecified atom stereocenters. The van der Waals surface area contributed by atoms with Gasteiger partial charge < -0.3 is 19.3 Å². The maximum absolute atomic E-state index is 12.3. The average Bonchev–Trinajstić information content (AvgIpc) is 2.59. The zero-order valence-corrected chi connectivity index (χ0v) is 13.2. The van der Waals surface area contributed by atoms with E-state index in [9.17, 15) is 9.90 Å². The van der Waals surface area contributed by atoms with Crippen LogP contribution in [-0.2, 0) is 0 Å². The summed E-state index contributed by atoms with van der Waals surface area (Å²) in [5, 5.41) is 9.73. The third-order valence-electron chi connectivity index (χ3n) is 3.27. The second-order valence-electron chi connectivity index (χ2n) is 4.73. The number of hydrogen-bond acceptors (Lipinski definition) is 5. The molecule has 2 aromatic rings. The summed E-state index contributed by atoms with van der Waals surface area (Å²) < 4.78 is 15.3. The van der Waals surface area contributed by atoms with Crippen molar-refractivity contribution in [3.05, 3.63) is 53.6 Å². The van der Waals surface area contributed by atoms with Gasteiger partial charge in [0, 0.05) is 11.6 Å². The van der Waals surface area contributed by atoms with Gasteiger partial charge in [-0.3, -0.25) is 4.79 Å². The predicted molar refractivity (Wildman–Crippen MR) is 87.6 cm³/mol. The Hall–Kier alpha value is -2.95. The fraction of sp³-hybridized carbons (Fsp3) is 0.167. The molecule has 5 heteroatoms. The van der Waals surface area contributed by atoms with Crippen LogP contribution < -0.4 is 14.2 Å². The number of phenolic OH excluding ortho intramolecular Hbond substituents is 1. The van der Waals surface area contributed by atoms with Gasteiger partial charge in [0.1, 0.15) is 11.5 Å². The summed E-state index contributed by atoms with van der Waals surface area (Å²) in [7, 11) is 4.53. The maximum atomic E-state index is 12.3. The van der Waals surface area contributed by atoms with Gasteiger partial charge in [0.25, 0.3) is 0 Å². The van der Waals surface area contributed by atoms with E-state index in [1.165, 1.54) is 33.5 Å². The van der Waals surface area contributed by atoms with Crippen molar-refractivity contribution in [3.63, 3.8) is 0 Å². The molecule has 0 atom stereocenters. The van der Waals surface area contributed by atoms with Gasteiger partial charge in [0.15, 0.2) is 17.3 Å². The Morgan fingerprint density at radius 2 is 1.61 bits per heavy atom. The van der Waals surface area contributed by atoms with Crippen LogP contribution in [0.2, 0.25) is 0 Å². The van der Waals surface area contributed by atoms with E-state index in [2.05, 4.69) is 0 Å². The maximum Gasteiger partial charge on any atom is 0.186 e. The van der Waals surface area contributed by atoms with Crippen molar-refractivity contribution < 1.29 is 24.1 Å². The monoisotopic (exact) mass is 314 g/mol. The topological polar surface area (TPSA) is 65.0 Å². The summed E-state index contributed by atoms with van der Waals surface area (Å²) in [4.78, 5) is 12.3. The van der Waals surface area contributed by atoms with Crippen molar-refractivity contribution in [2.24, 2.45) is 0 Å². The first-order chi connectivity index (χ1) is 11.1. The fourth-order valence-corrected chi connectivity index (χ4v) is 2.03. The van der Waals surface area contributed by atoms with Gasteiger partial charge >= 0.3 is 0 Å². The second-order valence-corrected chi connectivity index (χ2v) is 4.73. The number of phenols is 1. The van der Waals surface area contributed by atoms with Gasteiger partial charge in [0.2, 0.25) is 0 Å². The smallest absolute Gasteiger partial charge is 0.186 e. The largest absolute Gasteiger partial charge is 0.504 e. The second kappa shape index (κ2) is 7.35. The lowest BCUT2D eigenvalue weighted by molar-refractivity contribution is 0.104. The average molecular weight is 314 g/mol. The number of hydrogen-bond donors (Lipinski definition) is 1. The molecule has 0 bridgehead atoms. The number of carbonyl (C=O) groups excluding carboxylic acids is 1. The molecule has 0 fully saturated rings. The van der Waals surface area contributed by atoms with Crippen LogP contribution >= 0.6 is 0 Å². The lowest BCUT2D eigenvalue weighted by atomic mass is 10.1. The number of ketones is 1. The number of allylic oxidation sites excluding steroid dienone is 1. The third kappa shape index (κ3) is 4.03. The minimum Gasteiger partial charge on any atom is -0.504 e. The van der Waals surface area contributed by atoms with Gasteiger partial charge in [0.05, 0.1) is 21.3 Å². The molecule has 5 nitrogen and oxygen atoms in total. The molecule has 0 radical (unpaired) electrons. The molecule has 2 rings (SSSR count). The summed E-state index contributed by atoms with van der Waals surface area (Å²) in [6.45, 7) is 0. The molecule has 0 spiro atoms. The van der Waals surface area contributed by atoms with Gasteiger partial charge in [-0.25, -0.2) is 0 Å². The highest BCUT2D eigenvalue weighted by atomic mass is 16.5. The van der Waals surface area contributed by atoms with Gasteiger partial charge in [-0.15, -0.1) is 0 Å². The summed E-state index contributed by atoms with van der Waals surface area (Å²) in [6, 6.07) is 9.88. The van der Waals surface area contributed by atoms with Gasteiger partial charge in [-0.05, 0) is 35.9 Å². The van der Waals surface area contributed by atoms with E-state index in [-0.39, 0.29) is 11.5 Å². The van der Waals surface area contributed by atoms with Gasteiger partial charge in [-0.1, -0.05) is 12.1 Å². The Morgan fingerprint density at radius 3 is 2.13 bits per heavy atom. The highest BCUT2D eigenvalue weighted by Crippen LogP contribution is 2.27. The number of aromatic hydroxyl groups is 1.